The lowest BCUT2D eigenvalue weighted by molar-refractivity contribution is -0.595. The van der Waals surface area contributed by atoms with Crippen LogP contribution in [0.3, 0.4) is 0 Å². The molecule has 2 aromatic carbocycles. The molecule has 2 heteroatoms. The van der Waals surface area contributed by atoms with E-state index in [-0.39, 0.29) is 0 Å². The summed E-state index contributed by atoms with van der Waals surface area (Å²) >= 11 is 0. The molecule has 0 fully saturated rings. The molecule has 0 saturated carbocycles. The van der Waals surface area contributed by atoms with E-state index >= 15 is 0 Å². The number of nitrogens with zero attached hydrogens (tertiary/aromatic N) is 1. The van der Waals surface area contributed by atoms with E-state index in [9.17, 15) is 0 Å². The number of para-hydroxylation sites is 1. The minimum Gasteiger partial charge on any atom is -0.167 e. The van der Waals surface area contributed by atoms with E-state index in [0.29, 0.717) is 6.71 Å². The van der Waals surface area contributed by atoms with Crippen molar-refractivity contribution in [1.29, 1.82) is 0 Å². The second-order valence-corrected chi connectivity index (χ2v) is 5.48. The van der Waals surface area contributed by atoms with Gasteiger partial charge in [-0.3, -0.25) is 0 Å². The van der Waals surface area contributed by atoms with E-state index in [1.54, 1.807) is 0 Å². The summed E-state index contributed by atoms with van der Waals surface area (Å²) in [7, 11) is 0. The van der Waals surface area contributed by atoms with Gasteiger partial charge in [-0.15, -0.1) is 0 Å². The van der Waals surface area contributed by atoms with Crippen LogP contribution in [0.15, 0.2) is 79.1 Å². The number of hydrogen-bond acceptors (Lipinski definition) is 0. The fourth-order valence-corrected chi connectivity index (χ4v) is 2.75. The largest absolute Gasteiger partial charge is 0.214 e. The van der Waals surface area contributed by atoms with Crippen LogP contribution in [-0.2, 0) is 0 Å². The molecule has 0 radical (unpaired) electrons. The van der Waals surface area contributed by atoms with Crippen LogP contribution >= 0.6 is 0 Å². The van der Waals surface area contributed by atoms with Gasteiger partial charge in [0.05, 0.1) is 0 Å². The van der Waals surface area contributed by atoms with E-state index in [4.69, 9.17) is 0 Å². The van der Waals surface area contributed by atoms with Crippen LogP contribution in [0.4, 0.5) is 0 Å². The Morgan fingerprint density at radius 2 is 1.52 bits per heavy atom. The highest BCUT2D eigenvalue weighted by Crippen LogP contribution is 2.01. The van der Waals surface area contributed by atoms with Crippen molar-refractivity contribution in [2.24, 2.45) is 0 Å². The quantitative estimate of drug-likeness (QED) is 0.509. The van der Waals surface area contributed by atoms with E-state index in [0.717, 1.165) is 0 Å². The molecule has 0 aliphatic rings. The maximum absolute atomic E-state index is 2.27. The topological polar surface area (TPSA) is 3.88 Å². The van der Waals surface area contributed by atoms with Gasteiger partial charge in [0.2, 0.25) is 12.4 Å². The third-order valence-corrected chi connectivity index (χ3v) is 3.93. The zero-order valence-corrected chi connectivity index (χ0v) is 12.5. The Kier molecular flexibility index (Phi) is 3.87. The van der Waals surface area contributed by atoms with Gasteiger partial charge in [-0.2, -0.15) is 4.57 Å². The molecule has 0 atom stereocenters. The molecule has 3 rings (SSSR count). The van der Waals surface area contributed by atoms with Gasteiger partial charge in [0, 0.05) is 17.7 Å². The predicted octanol–water partition coefficient (Wildman–Crippen LogP) is 2.51. The fourth-order valence-electron chi connectivity index (χ4n) is 2.75. The average Bonchev–Trinajstić information content (AvgIpc) is 2.55. The predicted molar refractivity (Wildman–Crippen MR) is 90.0 cm³/mol. The van der Waals surface area contributed by atoms with Gasteiger partial charge in [0.15, 0.2) is 12.4 Å². The summed E-state index contributed by atoms with van der Waals surface area (Å²) in [5.41, 5.74) is 5.20. The molecule has 1 aromatic heterocycles. The summed E-state index contributed by atoms with van der Waals surface area (Å²) in [5, 5.41) is 0. The van der Waals surface area contributed by atoms with Crippen LogP contribution in [0.5, 0.6) is 0 Å². The van der Waals surface area contributed by atoms with Gasteiger partial charge < -0.3 is 0 Å². The van der Waals surface area contributed by atoms with E-state index < -0.39 is 0 Å². The smallest absolute Gasteiger partial charge is 0.167 e. The summed E-state index contributed by atoms with van der Waals surface area (Å²) in [6.45, 7) is 4.76. The van der Waals surface area contributed by atoms with Gasteiger partial charge >= 0.3 is 0 Å². The normalized spacial score (nSPS) is 10.4. The summed E-state index contributed by atoms with van der Waals surface area (Å²) < 4.78 is 2.21. The Hall–Kier alpha value is -2.35. The molecule has 0 spiro atoms. The highest BCUT2D eigenvalue weighted by molar-refractivity contribution is 6.84. The van der Waals surface area contributed by atoms with Crippen molar-refractivity contribution in [3.8, 4) is 5.69 Å². The Labute approximate surface area is 127 Å². The lowest BCUT2D eigenvalue weighted by atomic mass is 9.42. The molecule has 3 aromatic rings. The molecule has 0 unspecified atom stereocenters. The first-order valence-electron chi connectivity index (χ1n) is 7.38. The second-order valence-electron chi connectivity index (χ2n) is 5.48. The molecule has 1 heterocycles. The Balaban J connectivity index is 2.08. The van der Waals surface area contributed by atoms with Crippen LogP contribution in [0.2, 0.25) is 6.82 Å². The zero-order valence-electron chi connectivity index (χ0n) is 12.5. The van der Waals surface area contributed by atoms with Crippen molar-refractivity contribution in [3.63, 3.8) is 0 Å². The van der Waals surface area contributed by atoms with E-state index in [1.165, 1.54) is 22.2 Å². The van der Waals surface area contributed by atoms with Crippen LogP contribution in [-0.4, -0.2) is 6.71 Å². The van der Waals surface area contributed by atoms with Crippen LogP contribution in [0.1, 0.15) is 5.56 Å². The number of benzene rings is 2. The summed E-state index contributed by atoms with van der Waals surface area (Å²) in [6.07, 6.45) is 4.29. The number of aryl methyl sites for hydroxylation is 1. The SMILES string of the molecule is CB(c1ccccc1)c1ccccc1-[n+]1cccc(C)c1. The number of rotatable bonds is 3. The Bertz CT molecular complexity index is 737. The molecule has 0 bridgehead atoms. The minimum absolute atomic E-state index is 0.371. The molecule has 0 aliphatic heterocycles. The van der Waals surface area contributed by atoms with Crippen molar-refractivity contribution in [3.05, 3.63) is 84.7 Å². The maximum Gasteiger partial charge on any atom is 0.214 e. The molecule has 0 saturated heterocycles. The first-order valence-corrected chi connectivity index (χ1v) is 7.38. The third-order valence-electron chi connectivity index (χ3n) is 3.93. The molecule has 0 aliphatic carbocycles. The molecule has 102 valence electrons. The molecule has 0 N–H and O–H groups in total. The molecular weight excluding hydrogens is 253 g/mol. The van der Waals surface area contributed by atoms with Crippen molar-refractivity contribution in [2.75, 3.05) is 0 Å². The highest BCUT2D eigenvalue weighted by atomic mass is 14.9. The average molecular weight is 272 g/mol. The van der Waals surface area contributed by atoms with E-state index in [1.807, 2.05) is 0 Å². The van der Waals surface area contributed by atoms with Gasteiger partial charge in [-0.25, -0.2) is 0 Å². The molecule has 0 amide bonds. The van der Waals surface area contributed by atoms with Gasteiger partial charge in [-0.05, 0) is 18.5 Å². The van der Waals surface area contributed by atoms with Crippen molar-refractivity contribution >= 4 is 17.6 Å². The van der Waals surface area contributed by atoms with Crippen molar-refractivity contribution in [2.45, 2.75) is 13.7 Å². The third kappa shape index (κ3) is 2.90. The first kappa shape index (κ1) is 13.6. The van der Waals surface area contributed by atoms with Crippen LogP contribution < -0.4 is 15.5 Å². The lowest BCUT2D eigenvalue weighted by Crippen LogP contribution is -2.46. The summed E-state index contributed by atoms with van der Waals surface area (Å²) in [5.74, 6) is 0. The standard InChI is InChI=1S/C19H19BN/c1-16-9-8-14-21(15-16)19-13-7-6-12-18(19)20(2)17-10-4-3-5-11-17/h3-15H,1-2H3/q+1. The monoisotopic (exact) mass is 272 g/mol. The van der Waals surface area contributed by atoms with Crippen LogP contribution in [0, 0.1) is 6.92 Å². The summed E-state index contributed by atoms with van der Waals surface area (Å²) in [6, 6.07) is 23.5. The minimum atomic E-state index is 0.371. The Morgan fingerprint density at radius 3 is 2.29 bits per heavy atom. The second kappa shape index (κ2) is 5.96. The van der Waals surface area contributed by atoms with Crippen LogP contribution in [0.25, 0.3) is 5.69 Å². The number of pyridine rings is 1. The van der Waals surface area contributed by atoms with Crippen molar-refractivity contribution in [1.82, 2.24) is 0 Å². The zero-order chi connectivity index (χ0) is 14.7. The molecular formula is C19H19BN+. The number of hydrogen-bond donors (Lipinski definition) is 0. The van der Waals surface area contributed by atoms with Gasteiger partial charge in [0.1, 0.15) is 0 Å². The maximum atomic E-state index is 2.27. The molecule has 1 nitrogen and oxygen atoms in total. The molecule has 21 heavy (non-hydrogen) atoms. The Morgan fingerprint density at radius 1 is 0.810 bits per heavy atom. The number of aromatic nitrogens is 1. The highest BCUT2D eigenvalue weighted by Gasteiger charge is 2.21. The lowest BCUT2D eigenvalue weighted by Gasteiger charge is -2.11. The first-order chi connectivity index (χ1) is 10.3. The fraction of sp³-hybridized carbons (Fsp3) is 0.105. The van der Waals surface area contributed by atoms with E-state index in [2.05, 4.69) is 97.4 Å². The van der Waals surface area contributed by atoms with Gasteiger partial charge in [-0.1, -0.05) is 60.8 Å². The van der Waals surface area contributed by atoms with Crippen molar-refractivity contribution < 1.29 is 4.57 Å². The summed E-state index contributed by atoms with van der Waals surface area (Å²) in [4.78, 5) is 0. The van der Waals surface area contributed by atoms with Gasteiger partial charge in [0.25, 0.3) is 0 Å².